The van der Waals surface area contributed by atoms with Crippen molar-refractivity contribution in [2.45, 2.75) is 57.4 Å². The van der Waals surface area contributed by atoms with E-state index in [0.29, 0.717) is 55.0 Å². The van der Waals surface area contributed by atoms with Crippen LogP contribution in [0.2, 0.25) is 0 Å². The highest BCUT2D eigenvalue weighted by molar-refractivity contribution is 5.83. The number of benzene rings is 1. The lowest BCUT2D eigenvalue weighted by atomic mass is 9.91. The molecule has 1 aliphatic rings. The Labute approximate surface area is 273 Å². The molecule has 0 spiro atoms. The smallest absolute Gasteiger partial charge is 0.395 e. The van der Waals surface area contributed by atoms with E-state index in [1.54, 1.807) is 54.1 Å². The number of aliphatic hydroxyl groups is 2. The molecule has 0 atom stereocenters. The molecule has 3 heterocycles. The van der Waals surface area contributed by atoms with E-state index in [-0.39, 0.29) is 43.9 Å². The van der Waals surface area contributed by atoms with Gasteiger partial charge in [0.2, 0.25) is 5.91 Å². The minimum atomic E-state index is -4.42. The minimum Gasteiger partial charge on any atom is -0.395 e. The highest BCUT2D eigenvalue weighted by Gasteiger charge is 2.30. The summed E-state index contributed by atoms with van der Waals surface area (Å²) in [6.45, 7) is 4.98. The number of pyridine rings is 1. The third kappa shape index (κ3) is 10.2. The zero-order valence-corrected chi connectivity index (χ0v) is 26.8. The molecule has 1 fully saturated rings. The van der Waals surface area contributed by atoms with Crippen LogP contribution in [0.5, 0.6) is 0 Å². The number of nitrogens with zero attached hydrogens (tertiary/aromatic N) is 5. The van der Waals surface area contributed by atoms with Gasteiger partial charge in [-0.3, -0.25) is 14.7 Å². The quantitative estimate of drug-likeness (QED) is 0.207. The predicted molar refractivity (Wildman–Crippen MR) is 173 cm³/mol. The summed E-state index contributed by atoms with van der Waals surface area (Å²) in [5.41, 5.74) is 2.25. The first-order chi connectivity index (χ1) is 22.4. The maximum Gasteiger partial charge on any atom is 0.406 e. The Morgan fingerprint density at radius 1 is 1.11 bits per heavy atom. The van der Waals surface area contributed by atoms with Crippen molar-refractivity contribution in [1.82, 2.24) is 24.7 Å². The van der Waals surface area contributed by atoms with E-state index in [2.05, 4.69) is 33.5 Å². The van der Waals surface area contributed by atoms with E-state index in [4.69, 9.17) is 0 Å². The highest BCUT2D eigenvalue weighted by Crippen LogP contribution is 2.27. The number of likely N-dealkylation sites (tertiary alicyclic amines) is 1. The van der Waals surface area contributed by atoms with Gasteiger partial charge in [-0.1, -0.05) is 12.0 Å². The molecule has 3 aromatic rings. The minimum absolute atomic E-state index is 0.0272. The van der Waals surface area contributed by atoms with Gasteiger partial charge in [0.15, 0.2) is 0 Å². The van der Waals surface area contributed by atoms with Crippen LogP contribution in [0.1, 0.15) is 43.6 Å². The molecule has 1 aromatic carbocycles. The van der Waals surface area contributed by atoms with E-state index < -0.39 is 18.1 Å². The second-order valence-electron chi connectivity index (χ2n) is 12.2. The van der Waals surface area contributed by atoms with Gasteiger partial charge in [0.05, 0.1) is 61.1 Å². The molecule has 2 aromatic heterocycles. The van der Waals surface area contributed by atoms with Gasteiger partial charge in [-0.2, -0.15) is 18.4 Å². The molecule has 1 amide bonds. The summed E-state index contributed by atoms with van der Waals surface area (Å²) in [7, 11) is 0. The first-order valence-electron chi connectivity index (χ1n) is 15.7. The van der Waals surface area contributed by atoms with Crippen LogP contribution in [0.15, 0.2) is 42.6 Å². The number of hydrogen-bond donors (Lipinski definition) is 4. The zero-order chi connectivity index (χ0) is 34.0. The van der Waals surface area contributed by atoms with Gasteiger partial charge >= 0.3 is 6.18 Å². The molecule has 252 valence electrons. The van der Waals surface area contributed by atoms with Gasteiger partial charge < -0.3 is 30.3 Å². The van der Waals surface area contributed by atoms with E-state index in [1.807, 2.05) is 12.1 Å². The molecule has 0 bridgehead atoms. The average Bonchev–Trinajstić information content (AvgIpc) is 3.37. The van der Waals surface area contributed by atoms with E-state index in [0.717, 1.165) is 18.4 Å². The number of hydrogen-bond acceptors (Lipinski definition) is 8. The summed E-state index contributed by atoms with van der Waals surface area (Å²) in [6, 6.07) is 13.0. The summed E-state index contributed by atoms with van der Waals surface area (Å²) >= 11 is 0. The third-order valence-corrected chi connectivity index (χ3v) is 8.22. The van der Waals surface area contributed by atoms with Crippen molar-refractivity contribution in [3.8, 4) is 17.9 Å². The Bertz CT molecular complexity index is 1590. The molecule has 4 N–H and O–H groups in total. The number of rotatable bonds is 13. The number of halogens is 3. The number of carbonyl (C=O) groups is 1. The number of aliphatic hydroxyl groups excluding tert-OH is 2. The topological polar surface area (TPSA) is 130 Å². The van der Waals surface area contributed by atoms with Crippen LogP contribution in [0.4, 0.5) is 18.9 Å². The van der Waals surface area contributed by atoms with E-state index in [9.17, 15) is 33.4 Å². The number of carbonyl (C=O) groups excluding carboxylic acids is 1. The predicted octanol–water partition coefficient (Wildman–Crippen LogP) is 3.23. The third-order valence-electron chi connectivity index (χ3n) is 8.22. The fourth-order valence-corrected chi connectivity index (χ4v) is 5.53. The number of fused-ring (bicyclic) bond motifs is 1. The van der Waals surface area contributed by atoms with Crippen molar-refractivity contribution in [3.63, 3.8) is 0 Å². The number of alkyl halides is 3. The maximum absolute atomic E-state index is 13.5. The molecule has 47 heavy (non-hydrogen) atoms. The molecule has 1 saturated heterocycles. The monoisotopic (exact) mass is 653 g/mol. The Balaban J connectivity index is 1.36. The maximum atomic E-state index is 13.5. The normalized spacial score (nSPS) is 14.2. The summed E-state index contributed by atoms with van der Waals surface area (Å²) in [4.78, 5) is 20.5. The van der Waals surface area contributed by atoms with Crippen LogP contribution in [0, 0.1) is 23.2 Å². The lowest BCUT2D eigenvalue weighted by molar-refractivity contribution is -0.140. The first kappa shape index (κ1) is 35.7. The van der Waals surface area contributed by atoms with Crippen molar-refractivity contribution >= 4 is 22.5 Å². The summed E-state index contributed by atoms with van der Waals surface area (Å²) < 4.78 is 41.8. The number of nitriles is 1. The Morgan fingerprint density at radius 2 is 1.83 bits per heavy atom. The van der Waals surface area contributed by atoms with Crippen LogP contribution >= 0.6 is 0 Å². The fraction of sp³-hybridized carbons (Fsp3) is 0.500. The Kier molecular flexibility index (Phi) is 12.2. The molecule has 0 saturated carbocycles. The van der Waals surface area contributed by atoms with Crippen LogP contribution in [-0.4, -0.2) is 100 Å². The van der Waals surface area contributed by atoms with Crippen molar-refractivity contribution in [3.05, 3.63) is 59.5 Å². The summed E-state index contributed by atoms with van der Waals surface area (Å²) in [5.74, 6) is 5.78. The van der Waals surface area contributed by atoms with E-state index >= 15 is 0 Å². The molecule has 0 unspecified atom stereocenters. The fourth-order valence-electron chi connectivity index (χ4n) is 5.53. The van der Waals surface area contributed by atoms with Crippen LogP contribution in [0.3, 0.4) is 0 Å². The summed E-state index contributed by atoms with van der Waals surface area (Å²) in [6.07, 6.45) is -1.29. The van der Waals surface area contributed by atoms with Crippen LogP contribution in [0.25, 0.3) is 10.9 Å². The molecule has 1 aliphatic heterocycles. The van der Waals surface area contributed by atoms with Gasteiger partial charge in [0.25, 0.3) is 0 Å². The SMILES string of the molecule is CC(C)(C#N)c1ccc(NCC#Cc2cc3cc(CNC4CCN(C(=O)CN(CCO)CCO)CC4)ccc3n2CC(F)(F)F)cn1. The molecule has 4 rings (SSSR count). The largest absolute Gasteiger partial charge is 0.406 e. The second-order valence-corrected chi connectivity index (χ2v) is 12.2. The lowest BCUT2D eigenvalue weighted by Crippen LogP contribution is -2.48. The number of piperidine rings is 1. The number of aromatic nitrogens is 2. The van der Waals surface area contributed by atoms with Gasteiger partial charge in [-0.15, -0.1) is 0 Å². The zero-order valence-electron chi connectivity index (χ0n) is 26.8. The standard InChI is InChI=1S/C34H42F3N7O3/c1-33(2,23-38)31-8-6-28(21-41-31)39-11-3-4-29-19-26-18-25(5-7-30(26)44(29)24-34(35,36)37)20-40-27-9-12-43(13-10-27)32(47)22-42(14-16-45)15-17-46/h5-8,18-19,21,27,39-40,45-46H,9-17,20,22,24H2,1-2H3. The van der Waals surface area contributed by atoms with Crippen molar-refractivity contribution in [1.29, 1.82) is 5.26 Å². The Morgan fingerprint density at radius 3 is 2.45 bits per heavy atom. The van der Waals surface area contributed by atoms with E-state index in [1.165, 1.54) is 4.57 Å². The molecular weight excluding hydrogens is 611 g/mol. The van der Waals surface area contributed by atoms with Gasteiger partial charge in [0.1, 0.15) is 6.54 Å². The molecule has 0 radical (unpaired) electrons. The number of nitrogens with one attached hydrogen (secondary N) is 2. The molecule has 0 aliphatic carbocycles. The van der Waals surface area contributed by atoms with Crippen molar-refractivity contribution in [2.24, 2.45) is 0 Å². The highest BCUT2D eigenvalue weighted by atomic mass is 19.4. The molecular formula is C34H42F3N7O3. The lowest BCUT2D eigenvalue weighted by Gasteiger charge is -2.34. The average molecular weight is 654 g/mol. The van der Waals surface area contributed by atoms with Crippen molar-refractivity contribution in [2.75, 3.05) is 57.8 Å². The number of anilines is 1. The van der Waals surface area contributed by atoms with Crippen molar-refractivity contribution < 1.29 is 28.2 Å². The van der Waals surface area contributed by atoms with Gasteiger partial charge in [0, 0.05) is 49.7 Å². The van der Waals surface area contributed by atoms with Gasteiger partial charge in [-0.25, -0.2) is 0 Å². The van der Waals surface area contributed by atoms with Crippen LogP contribution in [-0.2, 0) is 23.3 Å². The number of amides is 1. The molecule has 13 heteroatoms. The molecule has 10 nitrogen and oxygen atoms in total. The Hall–Kier alpha value is -4.14. The first-order valence-corrected chi connectivity index (χ1v) is 15.7. The van der Waals surface area contributed by atoms with Crippen LogP contribution < -0.4 is 10.6 Å². The second kappa shape index (κ2) is 16.1. The van der Waals surface area contributed by atoms with Gasteiger partial charge in [-0.05, 0) is 68.5 Å². The summed E-state index contributed by atoms with van der Waals surface area (Å²) in [5, 5.41) is 34.9.